The number of hydrogen-bond donors (Lipinski definition) is 3. The predicted molar refractivity (Wildman–Crippen MR) is 78.3 cm³/mol. The quantitative estimate of drug-likeness (QED) is 0.772. The first-order valence-corrected chi connectivity index (χ1v) is 6.48. The fraction of sp³-hybridized carbons (Fsp3) is 0.125. The third kappa shape index (κ3) is 4.07. The number of phenolic OH excluding ortho intramolecular Hbond substituents is 1. The second-order valence-electron chi connectivity index (χ2n) is 4.66. The van der Waals surface area contributed by atoms with Crippen LogP contribution < -0.4 is 11.1 Å². The van der Waals surface area contributed by atoms with Crippen molar-refractivity contribution in [1.82, 2.24) is 5.32 Å². The minimum atomic E-state index is -0.851. The van der Waals surface area contributed by atoms with Gasteiger partial charge in [0.1, 0.15) is 11.8 Å². The molecule has 2 rings (SSSR count). The van der Waals surface area contributed by atoms with Crippen molar-refractivity contribution in [2.45, 2.75) is 12.5 Å². The van der Waals surface area contributed by atoms with Crippen LogP contribution in [0, 0.1) is 0 Å². The molecule has 2 aromatic rings. The second-order valence-corrected chi connectivity index (χ2v) is 4.66. The molecule has 21 heavy (non-hydrogen) atoms. The molecule has 0 fully saturated rings. The van der Waals surface area contributed by atoms with Gasteiger partial charge in [0.2, 0.25) is 11.8 Å². The molecular weight excluding hydrogens is 268 g/mol. The van der Waals surface area contributed by atoms with Gasteiger partial charge in [-0.3, -0.25) is 9.59 Å². The van der Waals surface area contributed by atoms with Crippen LogP contribution in [-0.4, -0.2) is 16.9 Å². The standard InChI is InChI=1S/C16H16N2O3/c17-16(21)15(12-4-2-1-3-5-12)18-14(20)10-11-6-8-13(19)9-7-11/h1-9,15,19H,10H2,(H2,17,21)(H,18,20)/t15-/m0/s1. The Bertz CT molecular complexity index is 624. The zero-order valence-corrected chi connectivity index (χ0v) is 11.3. The van der Waals surface area contributed by atoms with E-state index in [4.69, 9.17) is 5.73 Å². The highest BCUT2D eigenvalue weighted by atomic mass is 16.3. The monoisotopic (exact) mass is 284 g/mol. The van der Waals surface area contributed by atoms with Gasteiger partial charge in [-0.1, -0.05) is 42.5 Å². The average molecular weight is 284 g/mol. The number of nitrogens with two attached hydrogens (primary N) is 1. The number of phenols is 1. The van der Waals surface area contributed by atoms with Gasteiger partial charge in [-0.15, -0.1) is 0 Å². The van der Waals surface area contributed by atoms with Crippen molar-refractivity contribution in [1.29, 1.82) is 0 Å². The summed E-state index contributed by atoms with van der Waals surface area (Å²) >= 11 is 0. The fourth-order valence-electron chi connectivity index (χ4n) is 1.98. The molecule has 0 aliphatic rings. The number of primary amides is 1. The van der Waals surface area contributed by atoms with E-state index in [0.717, 1.165) is 5.56 Å². The summed E-state index contributed by atoms with van der Waals surface area (Å²) in [5, 5.41) is 11.8. The molecule has 0 heterocycles. The molecule has 0 aromatic heterocycles. The Morgan fingerprint density at radius 3 is 2.24 bits per heavy atom. The van der Waals surface area contributed by atoms with Crippen molar-refractivity contribution in [3.8, 4) is 5.75 Å². The Kier molecular flexibility index (Phi) is 4.56. The first-order valence-electron chi connectivity index (χ1n) is 6.48. The minimum absolute atomic E-state index is 0.108. The van der Waals surface area contributed by atoms with Crippen LogP contribution in [0.3, 0.4) is 0 Å². The maximum atomic E-state index is 12.0. The zero-order chi connectivity index (χ0) is 15.2. The van der Waals surface area contributed by atoms with Gasteiger partial charge in [-0.05, 0) is 23.3 Å². The van der Waals surface area contributed by atoms with Gasteiger partial charge >= 0.3 is 0 Å². The summed E-state index contributed by atoms with van der Waals surface area (Å²) in [5.41, 5.74) is 6.72. The van der Waals surface area contributed by atoms with Gasteiger partial charge in [0.15, 0.2) is 0 Å². The third-order valence-electron chi connectivity index (χ3n) is 3.02. The third-order valence-corrected chi connectivity index (χ3v) is 3.02. The molecular formula is C16H16N2O3. The van der Waals surface area contributed by atoms with E-state index in [0.29, 0.717) is 5.56 Å². The van der Waals surface area contributed by atoms with Crippen LogP contribution in [0.15, 0.2) is 54.6 Å². The van der Waals surface area contributed by atoms with E-state index in [1.54, 1.807) is 36.4 Å². The van der Waals surface area contributed by atoms with E-state index in [9.17, 15) is 14.7 Å². The van der Waals surface area contributed by atoms with Gasteiger partial charge in [0.25, 0.3) is 0 Å². The molecule has 0 bridgehead atoms. The number of amides is 2. The van der Waals surface area contributed by atoms with Crippen LogP contribution in [0.4, 0.5) is 0 Å². The van der Waals surface area contributed by atoms with E-state index >= 15 is 0 Å². The molecule has 0 spiro atoms. The number of carbonyl (C=O) groups excluding carboxylic acids is 2. The van der Waals surface area contributed by atoms with Crippen LogP contribution in [0.5, 0.6) is 5.75 Å². The van der Waals surface area contributed by atoms with Crippen molar-refractivity contribution in [3.05, 3.63) is 65.7 Å². The largest absolute Gasteiger partial charge is 0.508 e. The number of carbonyl (C=O) groups is 2. The summed E-state index contributed by atoms with van der Waals surface area (Å²) in [7, 11) is 0. The molecule has 2 aromatic carbocycles. The molecule has 2 amide bonds. The lowest BCUT2D eigenvalue weighted by molar-refractivity contribution is -0.127. The zero-order valence-electron chi connectivity index (χ0n) is 11.3. The Morgan fingerprint density at radius 1 is 1.05 bits per heavy atom. The Morgan fingerprint density at radius 2 is 1.67 bits per heavy atom. The van der Waals surface area contributed by atoms with Gasteiger partial charge in [0.05, 0.1) is 6.42 Å². The summed E-state index contributed by atoms with van der Waals surface area (Å²) < 4.78 is 0. The molecule has 0 saturated heterocycles. The number of hydrogen-bond acceptors (Lipinski definition) is 3. The molecule has 5 nitrogen and oxygen atoms in total. The molecule has 5 heteroatoms. The molecule has 0 aliphatic carbocycles. The van der Waals surface area contributed by atoms with Crippen LogP contribution >= 0.6 is 0 Å². The van der Waals surface area contributed by atoms with E-state index in [1.165, 1.54) is 12.1 Å². The molecule has 0 unspecified atom stereocenters. The lowest BCUT2D eigenvalue weighted by atomic mass is 10.1. The van der Waals surface area contributed by atoms with Crippen molar-refractivity contribution in [2.75, 3.05) is 0 Å². The minimum Gasteiger partial charge on any atom is -0.508 e. The molecule has 4 N–H and O–H groups in total. The average Bonchev–Trinajstić information content (AvgIpc) is 2.48. The molecule has 0 saturated carbocycles. The summed E-state index contributed by atoms with van der Waals surface area (Å²) in [4.78, 5) is 23.5. The van der Waals surface area contributed by atoms with Gasteiger partial charge < -0.3 is 16.2 Å². The number of nitrogens with one attached hydrogen (secondary N) is 1. The number of aromatic hydroxyl groups is 1. The van der Waals surface area contributed by atoms with E-state index < -0.39 is 11.9 Å². The van der Waals surface area contributed by atoms with E-state index in [2.05, 4.69) is 5.32 Å². The van der Waals surface area contributed by atoms with Crippen LogP contribution in [-0.2, 0) is 16.0 Å². The highest BCUT2D eigenvalue weighted by Crippen LogP contribution is 2.13. The normalized spacial score (nSPS) is 11.6. The Hall–Kier alpha value is -2.82. The predicted octanol–water partition coefficient (Wildman–Crippen LogP) is 1.28. The highest BCUT2D eigenvalue weighted by molar-refractivity contribution is 5.88. The highest BCUT2D eigenvalue weighted by Gasteiger charge is 2.19. The topological polar surface area (TPSA) is 92.4 Å². The maximum absolute atomic E-state index is 12.0. The summed E-state index contributed by atoms with van der Waals surface area (Å²) in [6, 6.07) is 14.3. The van der Waals surface area contributed by atoms with Gasteiger partial charge in [0, 0.05) is 0 Å². The number of benzene rings is 2. The summed E-state index contributed by atoms with van der Waals surface area (Å²) in [6.07, 6.45) is 0.108. The Labute approximate surface area is 122 Å². The van der Waals surface area contributed by atoms with Crippen molar-refractivity contribution in [3.63, 3.8) is 0 Å². The van der Waals surface area contributed by atoms with Crippen LogP contribution in [0.2, 0.25) is 0 Å². The molecule has 1 atom stereocenters. The van der Waals surface area contributed by atoms with Gasteiger partial charge in [-0.25, -0.2) is 0 Å². The lowest BCUT2D eigenvalue weighted by Crippen LogP contribution is -2.38. The fourth-order valence-corrected chi connectivity index (χ4v) is 1.98. The first-order chi connectivity index (χ1) is 10.1. The first kappa shape index (κ1) is 14.6. The van der Waals surface area contributed by atoms with Crippen molar-refractivity contribution < 1.29 is 14.7 Å². The summed E-state index contributed by atoms with van der Waals surface area (Å²) in [6.45, 7) is 0. The smallest absolute Gasteiger partial charge is 0.244 e. The van der Waals surface area contributed by atoms with Gasteiger partial charge in [-0.2, -0.15) is 0 Å². The van der Waals surface area contributed by atoms with Crippen molar-refractivity contribution >= 4 is 11.8 Å². The van der Waals surface area contributed by atoms with Crippen LogP contribution in [0.25, 0.3) is 0 Å². The van der Waals surface area contributed by atoms with E-state index in [1.807, 2.05) is 6.07 Å². The lowest BCUT2D eigenvalue weighted by Gasteiger charge is -2.15. The molecule has 0 radical (unpaired) electrons. The molecule has 0 aliphatic heterocycles. The summed E-state index contributed by atoms with van der Waals surface area (Å²) in [5.74, 6) is -0.785. The van der Waals surface area contributed by atoms with Crippen LogP contribution in [0.1, 0.15) is 17.2 Å². The Balaban J connectivity index is 2.05. The molecule has 108 valence electrons. The number of rotatable bonds is 5. The SMILES string of the molecule is NC(=O)[C@@H](NC(=O)Cc1ccc(O)cc1)c1ccccc1. The maximum Gasteiger partial charge on any atom is 0.244 e. The second kappa shape index (κ2) is 6.56. The van der Waals surface area contributed by atoms with E-state index in [-0.39, 0.29) is 18.1 Å². The van der Waals surface area contributed by atoms with Crippen molar-refractivity contribution in [2.24, 2.45) is 5.73 Å².